The minimum atomic E-state index is -0.461. The van der Waals surface area contributed by atoms with Crippen molar-refractivity contribution >= 4 is 22.9 Å². The monoisotopic (exact) mass is 347 g/mol. The van der Waals surface area contributed by atoms with Crippen molar-refractivity contribution in [1.29, 1.82) is 0 Å². The summed E-state index contributed by atoms with van der Waals surface area (Å²) in [5, 5.41) is 0.933. The molecule has 0 radical (unpaired) electrons. The average Bonchev–Trinajstić information content (AvgIpc) is 3.02. The van der Waals surface area contributed by atoms with Crippen LogP contribution in [0.1, 0.15) is 35.3 Å². The van der Waals surface area contributed by atoms with Crippen LogP contribution < -0.4 is 4.74 Å². The molecule has 2 rings (SSSR count). The van der Waals surface area contributed by atoms with Gasteiger partial charge in [0.25, 0.3) is 0 Å². The first-order valence-corrected chi connectivity index (χ1v) is 8.37. The van der Waals surface area contributed by atoms with Crippen LogP contribution in [-0.2, 0) is 20.9 Å². The lowest BCUT2D eigenvalue weighted by Crippen LogP contribution is -2.07. The van der Waals surface area contributed by atoms with Gasteiger partial charge < -0.3 is 14.2 Å². The van der Waals surface area contributed by atoms with Crippen LogP contribution in [0.25, 0.3) is 5.57 Å². The topological polar surface area (TPSA) is 57.7 Å². The molecule has 24 heavy (non-hydrogen) atoms. The summed E-state index contributed by atoms with van der Waals surface area (Å²) in [7, 11) is 2.84. The quantitative estimate of drug-likeness (QED) is 0.430. The Labute approximate surface area is 145 Å². The van der Waals surface area contributed by atoms with Crippen molar-refractivity contribution in [2.45, 2.75) is 26.4 Å². The number of hydrogen-bond acceptors (Lipinski definition) is 6. The molecule has 2 aromatic rings. The SMILES string of the molecule is COC=C(C(=O)OC)c1sc(C(C)C)nc1COc1ccccc1. The second kappa shape index (κ2) is 8.49. The Morgan fingerprint density at radius 2 is 1.96 bits per heavy atom. The van der Waals surface area contributed by atoms with Crippen LogP contribution >= 0.6 is 11.3 Å². The molecule has 0 aliphatic heterocycles. The highest BCUT2D eigenvalue weighted by molar-refractivity contribution is 7.13. The number of methoxy groups -OCH3 is 2. The molecule has 0 fully saturated rings. The number of hydrogen-bond donors (Lipinski definition) is 0. The lowest BCUT2D eigenvalue weighted by molar-refractivity contribution is -0.133. The smallest absolute Gasteiger partial charge is 0.342 e. The highest BCUT2D eigenvalue weighted by Crippen LogP contribution is 2.32. The third kappa shape index (κ3) is 4.35. The van der Waals surface area contributed by atoms with Gasteiger partial charge in [-0.3, -0.25) is 0 Å². The third-order valence-electron chi connectivity index (χ3n) is 3.21. The number of nitrogens with zero attached hydrogens (tertiary/aromatic N) is 1. The molecule has 0 saturated carbocycles. The lowest BCUT2D eigenvalue weighted by atomic mass is 10.2. The Kier molecular flexibility index (Phi) is 6.37. The molecular formula is C18H21NO4S. The first kappa shape index (κ1) is 18.0. The van der Waals surface area contributed by atoms with E-state index < -0.39 is 5.97 Å². The minimum Gasteiger partial charge on any atom is -0.503 e. The molecule has 0 amide bonds. The van der Waals surface area contributed by atoms with Gasteiger partial charge in [-0.05, 0) is 12.1 Å². The van der Waals surface area contributed by atoms with Crippen LogP contribution in [0.5, 0.6) is 5.75 Å². The van der Waals surface area contributed by atoms with E-state index in [2.05, 4.69) is 18.8 Å². The van der Waals surface area contributed by atoms with E-state index in [-0.39, 0.29) is 12.5 Å². The van der Waals surface area contributed by atoms with E-state index in [1.165, 1.54) is 31.8 Å². The maximum absolute atomic E-state index is 12.1. The molecule has 0 bridgehead atoms. The van der Waals surface area contributed by atoms with Crippen molar-refractivity contribution in [1.82, 2.24) is 4.98 Å². The molecule has 5 nitrogen and oxygen atoms in total. The standard InChI is InChI=1S/C18H21NO4S/c1-12(2)17-19-15(11-23-13-8-6-5-7-9-13)16(24-17)14(10-21-3)18(20)22-4/h5-10,12H,11H2,1-4H3. The van der Waals surface area contributed by atoms with Crippen LogP contribution in [0, 0.1) is 0 Å². The van der Waals surface area contributed by atoms with Gasteiger partial charge in [0.05, 0.1) is 36.1 Å². The van der Waals surface area contributed by atoms with Crippen LogP contribution in [0.4, 0.5) is 0 Å². The Morgan fingerprint density at radius 1 is 1.25 bits per heavy atom. The molecule has 0 N–H and O–H groups in total. The second-order valence-electron chi connectivity index (χ2n) is 5.34. The number of thiazole rings is 1. The van der Waals surface area contributed by atoms with Gasteiger partial charge in [-0.2, -0.15) is 0 Å². The fourth-order valence-electron chi connectivity index (χ4n) is 2.02. The van der Waals surface area contributed by atoms with Gasteiger partial charge >= 0.3 is 5.97 Å². The van der Waals surface area contributed by atoms with Crippen molar-refractivity contribution in [3.05, 3.63) is 52.2 Å². The molecule has 0 atom stereocenters. The predicted molar refractivity (Wildman–Crippen MR) is 94.0 cm³/mol. The lowest BCUT2D eigenvalue weighted by Gasteiger charge is -2.07. The highest BCUT2D eigenvalue weighted by atomic mass is 32.1. The van der Waals surface area contributed by atoms with Crippen molar-refractivity contribution in [3.8, 4) is 5.75 Å². The van der Waals surface area contributed by atoms with E-state index in [0.717, 1.165) is 10.8 Å². The number of rotatable bonds is 7. The summed E-state index contributed by atoms with van der Waals surface area (Å²) in [4.78, 5) is 17.4. The first-order valence-electron chi connectivity index (χ1n) is 7.55. The van der Waals surface area contributed by atoms with Crippen molar-refractivity contribution in [2.75, 3.05) is 14.2 Å². The minimum absolute atomic E-state index is 0.251. The summed E-state index contributed by atoms with van der Waals surface area (Å²) in [6.07, 6.45) is 1.38. The number of esters is 1. The normalized spacial score (nSPS) is 11.5. The van der Waals surface area contributed by atoms with Gasteiger partial charge in [0.1, 0.15) is 17.9 Å². The first-order chi connectivity index (χ1) is 11.6. The van der Waals surface area contributed by atoms with Crippen molar-refractivity contribution in [3.63, 3.8) is 0 Å². The van der Waals surface area contributed by atoms with Gasteiger partial charge in [0, 0.05) is 5.92 Å². The molecular weight excluding hydrogens is 326 g/mol. The largest absolute Gasteiger partial charge is 0.503 e. The fourth-order valence-corrected chi connectivity index (χ4v) is 3.08. The van der Waals surface area contributed by atoms with Gasteiger partial charge in [-0.1, -0.05) is 32.0 Å². The number of ether oxygens (including phenoxy) is 3. The number of carbonyl (C=O) groups is 1. The Balaban J connectivity index is 2.35. The summed E-state index contributed by atoms with van der Waals surface area (Å²) >= 11 is 1.45. The van der Waals surface area contributed by atoms with E-state index in [9.17, 15) is 4.79 Å². The molecule has 0 aliphatic carbocycles. The van der Waals surface area contributed by atoms with Crippen LogP contribution in [0.2, 0.25) is 0 Å². The van der Waals surface area contributed by atoms with E-state index in [1.54, 1.807) is 0 Å². The molecule has 0 saturated heterocycles. The molecule has 6 heteroatoms. The zero-order valence-electron chi connectivity index (χ0n) is 14.2. The number of para-hydroxylation sites is 1. The van der Waals surface area contributed by atoms with E-state index >= 15 is 0 Å². The van der Waals surface area contributed by atoms with Gasteiger partial charge in [0.15, 0.2) is 0 Å². The summed E-state index contributed by atoms with van der Waals surface area (Å²) < 4.78 is 15.7. The van der Waals surface area contributed by atoms with Crippen molar-refractivity contribution in [2.24, 2.45) is 0 Å². The van der Waals surface area contributed by atoms with Crippen LogP contribution in [-0.4, -0.2) is 25.2 Å². The van der Waals surface area contributed by atoms with E-state index in [4.69, 9.17) is 14.2 Å². The summed E-state index contributed by atoms with van der Waals surface area (Å²) in [5.74, 6) is 0.537. The second-order valence-corrected chi connectivity index (χ2v) is 6.37. The number of benzene rings is 1. The molecule has 0 aliphatic rings. The predicted octanol–water partition coefficient (Wildman–Crippen LogP) is 4.01. The number of aromatic nitrogens is 1. The molecule has 128 valence electrons. The molecule has 1 aromatic heterocycles. The fraction of sp³-hybridized carbons (Fsp3) is 0.333. The maximum Gasteiger partial charge on any atom is 0.342 e. The van der Waals surface area contributed by atoms with Gasteiger partial charge in [0.2, 0.25) is 0 Å². The molecule has 0 spiro atoms. The van der Waals surface area contributed by atoms with E-state index in [1.807, 2.05) is 30.3 Å². The molecule has 1 heterocycles. The molecule has 1 aromatic carbocycles. The molecule has 0 unspecified atom stereocenters. The summed E-state index contributed by atoms with van der Waals surface area (Å²) in [5.41, 5.74) is 1.04. The van der Waals surface area contributed by atoms with Gasteiger partial charge in [-0.25, -0.2) is 9.78 Å². The van der Waals surface area contributed by atoms with Crippen LogP contribution in [0.15, 0.2) is 36.6 Å². The summed E-state index contributed by atoms with van der Waals surface area (Å²) in [6, 6.07) is 9.49. The van der Waals surface area contributed by atoms with Crippen molar-refractivity contribution < 1.29 is 19.0 Å². The Bertz CT molecular complexity index is 707. The average molecular weight is 347 g/mol. The van der Waals surface area contributed by atoms with Gasteiger partial charge in [-0.15, -0.1) is 11.3 Å². The van der Waals surface area contributed by atoms with Crippen LogP contribution in [0.3, 0.4) is 0 Å². The third-order valence-corrected chi connectivity index (χ3v) is 4.64. The Morgan fingerprint density at radius 3 is 2.54 bits per heavy atom. The Hall–Kier alpha value is -2.34. The number of carbonyl (C=O) groups excluding carboxylic acids is 1. The zero-order chi connectivity index (χ0) is 17.5. The highest BCUT2D eigenvalue weighted by Gasteiger charge is 2.23. The summed E-state index contributed by atoms with van der Waals surface area (Å²) in [6.45, 7) is 4.38. The zero-order valence-corrected chi connectivity index (χ0v) is 15.1. The maximum atomic E-state index is 12.1. The van der Waals surface area contributed by atoms with E-state index in [0.29, 0.717) is 16.1 Å².